The first-order valence-corrected chi connectivity index (χ1v) is 7.39. The molecule has 0 aromatic rings. The van der Waals surface area contributed by atoms with E-state index in [9.17, 15) is 0 Å². The Balaban J connectivity index is 1.41. The Morgan fingerprint density at radius 1 is 0.824 bits per heavy atom. The summed E-state index contributed by atoms with van der Waals surface area (Å²) in [6.07, 6.45) is 7.44. The second-order valence-corrected chi connectivity index (χ2v) is 6.19. The van der Waals surface area contributed by atoms with E-state index in [1.807, 2.05) is 0 Å². The molecule has 17 heavy (non-hydrogen) atoms. The molecular weight excluding hydrogens is 212 g/mol. The van der Waals surface area contributed by atoms with Gasteiger partial charge in [0.2, 0.25) is 0 Å². The second kappa shape index (κ2) is 5.25. The molecular formula is C14H26N2O. The zero-order valence-electron chi connectivity index (χ0n) is 11.0. The summed E-state index contributed by atoms with van der Waals surface area (Å²) in [6.45, 7) is 9.41. The Morgan fingerprint density at radius 3 is 2.29 bits per heavy atom. The highest BCUT2D eigenvalue weighted by Gasteiger charge is 2.39. The van der Waals surface area contributed by atoms with Gasteiger partial charge in [0.05, 0.1) is 13.2 Å². The number of morpholine rings is 1. The van der Waals surface area contributed by atoms with Crippen molar-refractivity contribution in [1.82, 2.24) is 9.80 Å². The summed E-state index contributed by atoms with van der Waals surface area (Å²) < 4.78 is 5.39. The number of rotatable bonds is 3. The van der Waals surface area contributed by atoms with Gasteiger partial charge in [0.1, 0.15) is 0 Å². The van der Waals surface area contributed by atoms with E-state index in [1.165, 1.54) is 58.3 Å². The summed E-state index contributed by atoms with van der Waals surface area (Å²) in [6, 6.07) is 0. The maximum atomic E-state index is 5.39. The molecule has 0 unspecified atom stereocenters. The molecule has 3 heteroatoms. The van der Waals surface area contributed by atoms with Crippen LogP contribution in [0.15, 0.2) is 0 Å². The van der Waals surface area contributed by atoms with Crippen LogP contribution < -0.4 is 0 Å². The first kappa shape index (κ1) is 11.9. The summed E-state index contributed by atoms with van der Waals surface area (Å²) in [5.41, 5.74) is 0.741. The number of hydrogen-bond acceptors (Lipinski definition) is 3. The minimum atomic E-state index is 0.741. The number of hydrogen-bond donors (Lipinski definition) is 0. The molecule has 1 spiro atoms. The molecule has 1 saturated carbocycles. The lowest BCUT2D eigenvalue weighted by Gasteiger charge is -2.29. The van der Waals surface area contributed by atoms with Gasteiger partial charge in [-0.2, -0.15) is 0 Å². The molecule has 98 valence electrons. The molecule has 3 fully saturated rings. The van der Waals surface area contributed by atoms with Gasteiger partial charge in [0.15, 0.2) is 0 Å². The SMILES string of the molecule is C1CCC2(C1)CCN(CCN1CCOCC1)C2. The highest BCUT2D eigenvalue weighted by atomic mass is 16.5. The number of likely N-dealkylation sites (tertiary alicyclic amines) is 1. The predicted octanol–water partition coefficient (Wildman–Crippen LogP) is 1.58. The molecule has 0 aromatic carbocycles. The van der Waals surface area contributed by atoms with Crippen molar-refractivity contribution in [1.29, 1.82) is 0 Å². The van der Waals surface area contributed by atoms with Crippen molar-refractivity contribution in [2.24, 2.45) is 5.41 Å². The smallest absolute Gasteiger partial charge is 0.0594 e. The molecule has 0 N–H and O–H groups in total. The maximum absolute atomic E-state index is 5.39. The quantitative estimate of drug-likeness (QED) is 0.742. The van der Waals surface area contributed by atoms with Crippen LogP contribution in [0.4, 0.5) is 0 Å². The van der Waals surface area contributed by atoms with Crippen molar-refractivity contribution in [3.05, 3.63) is 0 Å². The Hall–Kier alpha value is -0.120. The highest BCUT2D eigenvalue weighted by molar-refractivity contribution is 4.93. The average molecular weight is 238 g/mol. The first-order valence-electron chi connectivity index (χ1n) is 7.39. The summed E-state index contributed by atoms with van der Waals surface area (Å²) in [5, 5.41) is 0. The van der Waals surface area contributed by atoms with E-state index in [0.29, 0.717) is 0 Å². The summed E-state index contributed by atoms with van der Waals surface area (Å²) >= 11 is 0. The lowest BCUT2D eigenvalue weighted by Crippen LogP contribution is -2.41. The van der Waals surface area contributed by atoms with E-state index >= 15 is 0 Å². The van der Waals surface area contributed by atoms with Gasteiger partial charge in [-0.15, -0.1) is 0 Å². The Labute approximate surface area is 105 Å². The topological polar surface area (TPSA) is 15.7 Å². The zero-order valence-corrected chi connectivity index (χ0v) is 11.0. The fourth-order valence-corrected chi connectivity index (χ4v) is 3.86. The zero-order chi connectivity index (χ0) is 11.6. The Bertz CT molecular complexity index is 245. The van der Waals surface area contributed by atoms with E-state index < -0.39 is 0 Å². The molecule has 0 bridgehead atoms. The van der Waals surface area contributed by atoms with E-state index in [1.54, 1.807) is 0 Å². The highest BCUT2D eigenvalue weighted by Crippen LogP contribution is 2.45. The Morgan fingerprint density at radius 2 is 1.53 bits per heavy atom. The van der Waals surface area contributed by atoms with Crippen LogP contribution in [0.1, 0.15) is 32.1 Å². The molecule has 3 nitrogen and oxygen atoms in total. The normalized spacial score (nSPS) is 30.4. The standard InChI is InChI=1S/C14H26N2O/c1-2-4-14(3-1)5-6-16(13-14)8-7-15-9-11-17-12-10-15/h1-13H2. The van der Waals surface area contributed by atoms with Crippen molar-refractivity contribution < 1.29 is 4.74 Å². The van der Waals surface area contributed by atoms with Gasteiger partial charge in [-0.25, -0.2) is 0 Å². The largest absolute Gasteiger partial charge is 0.379 e. The van der Waals surface area contributed by atoms with Gasteiger partial charge >= 0.3 is 0 Å². The van der Waals surface area contributed by atoms with E-state index in [-0.39, 0.29) is 0 Å². The predicted molar refractivity (Wildman–Crippen MR) is 69.2 cm³/mol. The third kappa shape index (κ3) is 2.83. The van der Waals surface area contributed by atoms with Gasteiger partial charge in [-0.1, -0.05) is 12.8 Å². The molecule has 0 aromatic heterocycles. The van der Waals surface area contributed by atoms with Crippen LogP contribution in [0.25, 0.3) is 0 Å². The summed E-state index contributed by atoms with van der Waals surface area (Å²) in [5.74, 6) is 0. The summed E-state index contributed by atoms with van der Waals surface area (Å²) in [7, 11) is 0. The molecule has 2 saturated heterocycles. The molecule has 0 amide bonds. The monoisotopic (exact) mass is 238 g/mol. The van der Waals surface area contributed by atoms with Crippen LogP contribution in [-0.4, -0.2) is 62.3 Å². The van der Waals surface area contributed by atoms with Crippen LogP contribution in [0.2, 0.25) is 0 Å². The second-order valence-electron chi connectivity index (χ2n) is 6.19. The van der Waals surface area contributed by atoms with E-state index in [0.717, 1.165) is 31.7 Å². The van der Waals surface area contributed by atoms with Crippen molar-refractivity contribution in [3.63, 3.8) is 0 Å². The molecule has 2 aliphatic heterocycles. The van der Waals surface area contributed by atoms with E-state index in [2.05, 4.69) is 9.80 Å². The van der Waals surface area contributed by atoms with Crippen LogP contribution in [0.5, 0.6) is 0 Å². The van der Waals surface area contributed by atoms with Crippen molar-refractivity contribution >= 4 is 0 Å². The van der Waals surface area contributed by atoms with Gasteiger partial charge < -0.3 is 9.64 Å². The van der Waals surface area contributed by atoms with Gasteiger partial charge in [0.25, 0.3) is 0 Å². The third-order valence-corrected chi connectivity index (χ3v) is 5.02. The lowest BCUT2D eigenvalue weighted by atomic mass is 9.86. The minimum Gasteiger partial charge on any atom is -0.379 e. The molecule has 2 heterocycles. The molecule has 3 rings (SSSR count). The van der Waals surface area contributed by atoms with E-state index in [4.69, 9.17) is 4.74 Å². The number of nitrogens with zero attached hydrogens (tertiary/aromatic N) is 2. The fourth-order valence-electron chi connectivity index (χ4n) is 3.86. The fraction of sp³-hybridized carbons (Fsp3) is 1.00. The van der Waals surface area contributed by atoms with Crippen molar-refractivity contribution in [2.45, 2.75) is 32.1 Å². The summed E-state index contributed by atoms with van der Waals surface area (Å²) in [4.78, 5) is 5.27. The average Bonchev–Trinajstić information content (AvgIpc) is 2.99. The van der Waals surface area contributed by atoms with Crippen LogP contribution >= 0.6 is 0 Å². The third-order valence-electron chi connectivity index (χ3n) is 5.02. The van der Waals surface area contributed by atoms with Crippen LogP contribution in [0, 0.1) is 5.41 Å². The molecule has 3 aliphatic rings. The van der Waals surface area contributed by atoms with Crippen molar-refractivity contribution in [3.8, 4) is 0 Å². The molecule has 0 radical (unpaired) electrons. The molecule has 1 aliphatic carbocycles. The Kier molecular flexibility index (Phi) is 3.69. The number of ether oxygens (including phenoxy) is 1. The lowest BCUT2D eigenvalue weighted by molar-refractivity contribution is 0.0339. The van der Waals surface area contributed by atoms with Crippen LogP contribution in [0.3, 0.4) is 0 Å². The first-order chi connectivity index (χ1) is 8.36. The van der Waals surface area contributed by atoms with Gasteiger partial charge in [-0.05, 0) is 31.2 Å². The molecule has 0 atom stereocenters. The van der Waals surface area contributed by atoms with Crippen LogP contribution in [-0.2, 0) is 4.74 Å². The van der Waals surface area contributed by atoms with Gasteiger partial charge in [-0.3, -0.25) is 4.90 Å². The van der Waals surface area contributed by atoms with Crippen molar-refractivity contribution in [2.75, 3.05) is 52.5 Å². The minimum absolute atomic E-state index is 0.741. The maximum Gasteiger partial charge on any atom is 0.0594 e. The van der Waals surface area contributed by atoms with Gasteiger partial charge in [0, 0.05) is 32.7 Å².